The number of nitrogens with two attached hydrogens (primary N) is 1. The van der Waals surface area contributed by atoms with Crippen molar-refractivity contribution in [2.45, 2.75) is 31.8 Å². The molecular weight excluding hydrogens is 318 g/mol. The summed E-state index contributed by atoms with van der Waals surface area (Å²) in [5, 5.41) is 0. The second-order valence-electron chi connectivity index (χ2n) is 4.71. The van der Waals surface area contributed by atoms with Gasteiger partial charge >= 0.3 is 0 Å². The molecule has 1 aromatic rings. The van der Waals surface area contributed by atoms with Gasteiger partial charge < -0.3 is 5.73 Å². The molecule has 0 aromatic heterocycles. The van der Waals surface area contributed by atoms with Crippen molar-refractivity contribution in [2.24, 2.45) is 5.73 Å². The maximum absolute atomic E-state index is 13.9. The van der Waals surface area contributed by atoms with Crippen molar-refractivity contribution in [3.63, 3.8) is 0 Å². The summed E-state index contributed by atoms with van der Waals surface area (Å²) in [5.41, 5.74) is 5.31. The topological polar surface area (TPSA) is 46.3 Å². The lowest BCUT2D eigenvalue weighted by Crippen LogP contribution is -2.47. The smallest absolute Gasteiger partial charge is 0.234 e. The van der Waals surface area contributed by atoms with Gasteiger partial charge in [0.25, 0.3) is 0 Å². The number of carbonyl (C=O) groups is 1. The van der Waals surface area contributed by atoms with E-state index in [1.807, 2.05) is 0 Å². The van der Waals surface area contributed by atoms with Crippen LogP contribution < -0.4 is 5.73 Å². The third-order valence-corrected chi connectivity index (χ3v) is 4.05. The fourth-order valence-corrected chi connectivity index (χ4v) is 2.79. The molecule has 1 atom stereocenters. The minimum absolute atomic E-state index is 0.0254. The molecule has 1 fully saturated rings. The summed E-state index contributed by atoms with van der Waals surface area (Å²) < 4.78 is 27.8. The van der Waals surface area contributed by atoms with Crippen LogP contribution in [0.5, 0.6) is 0 Å². The Morgan fingerprint density at radius 1 is 1.42 bits per heavy atom. The van der Waals surface area contributed by atoms with E-state index in [-0.39, 0.29) is 16.6 Å². The summed E-state index contributed by atoms with van der Waals surface area (Å²) >= 11 is 3.04. The van der Waals surface area contributed by atoms with E-state index >= 15 is 0 Å². The fraction of sp³-hybridized carbons (Fsp3) is 0.462. The van der Waals surface area contributed by atoms with Gasteiger partial charge in [0.05, 0.1) is 10.5 Å². The second kappa shape index (κ2) is 5.96. The Kier molecular flexibility index (Phi) is 4.52. The Bertz CT molecular complexity index is 496. The number of primary amides is 1. The summed E-state index contributed by atoms with van der Waals surface area (Å²) in [7, 11) is 0. The molecule has 2 rings (SSSR count). The van der Waals surface area contributed by atoms with Crippen molar-refractivity contribution in [3.8, 4) is 0 Å². The lowest BCUT2D eigenvalue weighted by molar-refractivity contribution is -0.124. The number of amides is 1. The molecule has 1 saturated heterocycles. The van der Waals surface area contributed by atoms with E-state index in [4.69, 9.17) is 5.73 Å². The van der Waals surface area contributed by atoms with E-state index in [1.165, 1.54) is 12.1 Å². The van der Waals surface area contributed by atoms with Gasteiger partial charge in [0.15, 0.2) is 0 Å². The van der Waals surface area contributed by atoms with Crippen molar-refractivity contribution in [1.29, 1.82) is 0 Å². The average Bonchev–Trinajstić information content (AvgIpc) is 2.39. The van der Waals surface area contributed by atoms with E-state index < -0.39 is 23.6 Å². The van der Waals surface area contributed by atoms with Crippen molar-refractivity contribution < 1.29 is 13.6 Å². The largest absolute Gasteiger partial charge is 0.368 e. The van der Waals surface area contributed by atoms with Gasteiger partial charge in [0, 0.05) is 12.1 Å². The van der Waals surface area contributed by atoms with Crippen LogP contribution in [0.4, 0.5) is 8.78 Å². The van der Waals surface area contributed by atoms with Crippen LogP contribution in [0.15, 0.2) is 16.6 Å². The zero-order valence-corrected chi connectivity index (χ0v) is 11.9. The summed E-state index contributed by atoms with van der Waals surface area (Å²) in [5.74, 6) is -1.65. The molecule has 1 amide bonds. The molecule has 1 aromatic carbocycles. The highest BCUT2D eigenvalue weighted by Crippen LogP contribution is 2.26. The summed E-state index contributed by atoms with van der Waals surface area (Å²) in [4.78, 5) is 13.1. The van der Waals surface area contributed by atoms with Crippen molar-refractivity contribution in [2.75, 3.05) is 6.54 Å². The normalized spacial score (nSPS) is 20.5. The van der Waals surface area contributed by atoms with E-state index in [1.54, 1.807) is 4.90 Å². The number of hydrogen-bond donors (Lipinski definition) is 1. The van der Waals surface area contributed by atoms with E-state index in [2.05, 4.69) is 15.9 Å². The Balaban J connectivity index is 2.24. The van der Waals surface area contributed by atoms with Gasteiger partial charge in [-0.25, -0.2) is 8.78 Å². The van der Waals surface area contributed by atoms with Crippen LogP contribution in [0.3, 0.4) is 0 Å². The van der Waals surface area contributed by atoms with E-state index in [0.29, 0.717) is 13.0 Å². The van der Waals surface area contributed by atoms with Crippen LogP contribution in [-0.2, 0) is 11.3 Å². The Morgan fingerprint density at radius 2 is 2.16 bits per heavy atom. The molecule has 1 heterocycles. The minimum atomic E-state index is -0.617. The predicted octanol–water partition coefficient (Wildman–Crippen LogP) is 2.57. The number of nitrogens with zero attached hydrogens (tertiary/aromatic N) is 1. The van der Waals surface area contributed by atoms with Crippen LogP contribution in [0.25, 0.3) is 0 Å². The molecule has 104 valence electrons. The molecule has 0 saturated carbocycles. The molecule has 0 aliphatic carbocycles. The number of halogens is 3. The molecule has 0 spiro atoms. The summed E-state index contributed by atoms with van der Waals surface area (Å²) in [6.45, 7) is 0.684. The first-order valence-electron chi connectivity index (χ1n) is 6.16. The van der Waals surface area contributed by atoms with Gasteiger partial charge in [0.2, 0.25) is 5.91 Å². The van der Waals surface area contributed by atoms with Crippen molar-refractivity contribution in [3.05, 3.63) is 33.8 Å². The first-order chi connectivity index (χ1) is 9.00. The minimum Gasteiger partial charge on any atom is -0.368 e. The summed E-state index contributed by atoms with van der Waals surface area (Å²) in [6, 6.07) is 2.10. The highest BCUT2D eigenvalue weighted by atomic mass is 79.9. The van der Waals surface area contributed by atoms with Gasteiger partial charge in [-0.3, -0.25) is 9.69 Å². The average molecular weight is 333 g/mol. The van der Waals surface area contributed by atoms with Gasteiger partial charge in [-0.2, -0.15) is 0 Å². The lowest BCUT2D eigenvalue weighted by Gasteiger charge is -2.33. The highest BCUT2D eigenvalue weighted by Gasteiger charge is 2.28. The first-order valence-corrected chi connectivity index (χ1v) is 6.95. The second-order valence-corrected chi connectivity index (χ2v) is 5.56. The van der Waals surface area contributed by atoms with Gasteiger partial charge in [-0.05, 0) is 47.4 Å². The summed E-state index contributed by atoms with van der Waals surface area (Å²) in [6.07, 6.45) is 2.46. The molecule has 0 bridgehead atoms. The first kappa shape index (κ1) is 14.4. The molecule has 6 heteroatoms. The Hall–Kier alpha value is -1.01. The predicted molar refractivity (Wildman–Crippen MR) is 71.3 cm³/mol. The molecular formula is C13H15BrF2N2O. The Labute approximate surface area is 118 Å². The third kappa shape index (κ3) is 3.12. The lowest BCUT2D eigenvalue weighted by atomic mass is 10.0. The standard InChI is InChI=1S/C13H15BrF2N2O/c14-9-4-5-10(15)8(12(9)16)7-18-6-2-1-3-11(18)13(17)19/h4-5,11H,1-3,6-7H2,(H2,17,19). The Morgan fingerprint density at radius 3 is 2.84 bits per heavy atom. The number of piperidine rings is 1. The molecule has 1 aliphatic rings. The van der Waals surface area contributed by atoms with Gasteiger partial charge in [-0.1, -0.05) is 6.42 Å². The monoisotopic (exact) mass is 332 g/mol. The van der Waals surface area contributed by atoms with E-state index in [0.717, 1.165) is 12.8 Å². The molecule has 19 heavy (non-hydrogen) atoms. The van der Waals surface area contributed by atoms with Crippen LogP contribution in [0.2, 0.25) is 0 Å². The molecule has 1 unspecified atom stereocenters. The fourth-order valence-electron chi connectivity index (χ4n) is 2.42. The zero-order valence-electron chi connectivity index (χ0n) is 10.3. The van der Waals surface area contributed by atoms with Crippen molar-refractivity contribution >= 4 is 21.8 Å². The third-order valence-electron chi connectivity index (χ3n) is 3.44. The van der Waals surface area contributed by atoms with Gasteiger partial charge in [0.1, 0.15) is 11.6 Å². The highest BCUT2D eigenvalue weighted by molar-refractivity contribution is 9.10. The van der Waals surface area contributed by atoms with Crippen LogP contribution in [0.1, 0.15) is 24.8 Å². The molecule has 3 nitrogen and oxygen atoms in total. The number of likely N-dealkylation sites (tertiary alicyclic amines) is 1. The molecule has 1 aliphatic heterocycles. The molecule has 2 N–H and O–H groups in total. The molecule has 0 radical (unpaired) electrons. The maximum Gasteiger partial charge on any atom is 0.234 e. The number of hydrogen-bond acceptors (Lipinski definition) is 2. The van der Waals surface area contributed by atoms with Crippen LogP contribution >= 0.6 is 15.9 Å². The van der Waals surface area contributed by atoms with E-state index in [9.17, 15) is 13.6 Å². The number of carbonyl (C=O) groups excluding carboxylic acids is 1. The van der Waals surface area contributed by atoms with Gasteiger partial charge in [-0.15, -0.1) is 0 Å². The quantitative estimate of drug-likeness (QED) is 0.865. The van der Waals surface area contributed by atoms with Crippen LogP contribution in [-0.4, -0.2) is 23.4 Å². The van der Waals surface area contributed by atoms with Crippen LogP contribution in [0, 0.1) is 11.6 Å². The maximum atomic E-state index is 13.9. The zero-order chi connectivity index (χ0) is 14.0. The number of rotatable bonds is 3. The number of benzene rings is 1. The van der Waals surface area contributed by atoms with Crippen molar-refractivity contribution in [1.82, 2.24) is 4.90 Å². The SMILES string of the molecule is NC(=O)C1CCCCN1Cc1c(F)ccc(Br)c1F.